The van der Waals surface area contributed by atoms with E-state index >= 15 is 0 Å². The molecule has 2 unspecified atom stereocenters. The number of rotatable bonds is 2. The van der Waals surface area contributed by atoms with Crippen molar-refractivity contribution in [2.75, 3.05) is 6.54 Å². The van der Waals surface area contributed by atoms with Crippen LogP contribution in [0.15, 0.2) is 66.5 Å². The number of aryl methyl sites for hydroxylation is 1. The molecule has 0 spiro atoms. The maximum absolute atomic E-state index is 8.84. The Morgan fingerprint density at radius 1 is 1.09 bits per heavy atom. The summed E-state index contributed by atoms with van der Waals surface area (Å²) in [5.74, 6) is 1.00. The van der Waals surface area contributed by atoms with Gasteiger partial charge in [-0.3, -0.25) is 5.01 Å². The van der Waals surface area contributed by atoms with Gasteiger partial charge in [-0.1, -0.05) is 60.2 Å². The van der Waals surface area contributed by atoms with Crippen LogP contribution in [0.2, 0.25) is 0 Å². The van der Waals surface area contributed by atoms with Crippen LogP contribution in [0.5, 0.6) is 0 Å². The number of nitrogens with zero attached hydrogens (tertiary/aromatic N) is 1. The van der Waals surface area contributed by atoms with Gasteiger partial charge in [0.25, 0.3) is 0 Å². The number of hydrogen-bond acceptors (Lipinski definition) is 3. The summed E-state index contributed by atoms with van der Waals surface area (Å²) < 4.78 is 8.84. The third kappa shape index (κ3) is 2.38. The van der Waals surface area contributed by atoms with E-state index in [4.69, 9.17) is 1.37 Å². The van der Waals surface area contributed by atoms with Gasteiger partial charge >= 0.3 is 0 Å². The minimum absolute atomic E-state index is 0.248. The van der Waals surface area contributed by atoms with Gasteiger partial charge in [-0.05, 0) is 30.5 Å². The lowest BCUT2D eigenvalue weighted by Crippen LogP contribution is -2.45. The molecular weight excluding hydrogens is 270 g/mol. The molecule has 3 nitrogen and oxygen atoms in total. The number of hydrogen-bond donors (Lipinski definition) is 2. The monoisotopic (exact) mass is 292 g/mol. The van der Waals surface area contributed by atoms with E-state index in [-0.39, 0.29) is 6.04 Å². The Morgan fingerprint density at radius 2 is 1.91 bits per heavy atom. The van der Waals surface area contributed by atoms with Crippen LogP contribution in [0.25, 0.3) is 0 Å². The van der Waals surface area contributed by atoms with Crippen molar-refractivity contribution in [1.82, 2.24) is 15.8 Å². The summed E-state index contributed by atoms with van der Waals surface area (Å²) in [7, 11) is 0. The third-order valence-corrected chi connectivity index (χ3v) is 4.33. The molecule has 1 fully saturated rings. The Hall–Kier alpha value is -2.26. The molecule has 3 heteroatoms. The van der Waals surface area contributed by atoms with Crippen LogP contribution in [-0.4, -0.2) is 11.6 Å². The van der Waals surface area contributed by atoms with Gasteiger partial charge in [-0.25, -0.2) is 5.43 Å². The zero-order valence-electron chi connectivity index (χ0n) is 13.7. The smallest absolute Gasteiger partial charge is 0.114 e. The molecule has 2 N–H and O–H groups in total. The second kappa shape index (κ2) is 5.50. The van der Waals surface area contributed by atoms with Crippen molar-refractivity contribution in [3.63, 3.8) is 0 Å². The normalized spacial score (nSPS) is 27.7. The summed E-state index contributed by atoms with van der Waals surface area (Å²) in [5.41, 5.74) is 6.91. The Bertz CT molecular complexity index is 743. The highest BCUT2D eigenvalue weighted by Crippen LogP contribution is 2.35. The zero-order valence-corrected chi connectivity index (χ0v) is 12.7. The molecule has 1 saturated heterocycles. The highest BCUT2D eigenvalue weighted by molar-refractivity contribution is 5.31. The van der Waals surface area contributed by atoms with Crippen LogP contribution in [0.4, 0.5) is 0 Å². The quantitative estimate of drug-likeness (QED) is 0.888. The fraction of sp³-hybridized carbons (Fsp3) is 0.263. The fourth-order valence-electron chi connectivity index (χ4n) is 3.24. The van der Waals surface area contributed by atoms with E-state index in [0.717, 1.165) is 24.4 Å². The lowest BCUT2D eigenvalue weighted by atomic mass is 10.00. The molecule has 0 saturated carbocycles. The largest absolute Gasteiger partial charge is 0.371 e. The summed E-state index contributed by atoms with van der Waals surface area (Å²) in [4.78, 5) is 0. The maximum Gasteiger partial charge on any atom is 0.114 e. The molecule has 0 aliphatic carbocycles. The molecule has 0 amide bonds. The molecule has 22 heavy (non-hydrogen) atoms. The first-order valence-corrected chi connectivity index (χ1v) is 7.82. The second-order valence-electron chi connectivity index (χ2n) is 5.94. The van der Waals surface area contributed by atoms with Crippen LogP contribution in [0, 0.1) is 6.92 Å². The Balaban J connectivity index is 1.68. The van der Waals surface area contributed by atoms with Gasteiger partial charge in [0.05, 0.1) is 13.4 Å². The zero-order chi connectivity index (χ0) is 15.9. The average molecular weight is 292 g/mol. The molecule has 2 aromatic carbocycles. The highest BCUT2D eigenvalue weighted by Gasteiger charge is 2.33. The molecule has 0 bridgehead atoms. The third-order valence-electron chi connectivity index (χ3n) is 4.33. The average Bonchev–Trinajstić information content (AvgIpc) is 2.93. The van der Waals surface area contributed by atoms with E-state index in [0.29, 0.717) is 0 Å². The van der Waals surface area contributed by atoms with Crippen LogP contribution < -0.4 is 10.7 Å². The van der Waals surface area contributed by atoms with Gasteiger partial charge in [0.15, 0.2) is 0 Å². The highest BCUT2D eigenvalue weighted by atomic mass is 15.6. The summed E-state index contributed by atoms with van der Waals surface area (Å²) >= 11 is 0. The lowest BCUT2D eigenvalue weighted by Gasteiger charge is -2.37. The lowest BCUT2D eigenvalue weighted by molar-refractivity contribution is 0.139. The van der Waals surface area contributed by atoms with Crippen molar-refractivity contribution < 1.29 is 1.37 Å². The number of benzene rings is 2. The molecule has 2 atom stereocenters. The van der Waals surface area contributed by atoms with Crippen molar-refractivity contribution in [2.24, 2.45) is 0 Å². The van der Waals surface area contributed by atoms with Gasteiger partial charge in [0.1, 0.15) is 5.82 Å². The summed E-state index contributed by atoms with van der Waals surface area (Å²) in [5, 5.41) is 5.55. The van der Waals surface area contributed by atoms with Gasteiger partial charge in [0.2, 0.25) is 0 Å². The molecular formula is C19H21N3. The minimum Gasteiger partial charge on any atom is -0.371 e. The van der Waals surface area contributed by atoms with E-state index in [1.807, 2.05) is 36.4 Å². The molecule has 4 rings (SSSR count). The second-order valence-corrected chi connectivity index (χ2v) is 5.94. The Kier molecular flexibility index (Phi) is 3.08. The van der Waals surface area contributed by atoms with E-state index in [9.17, 15) is 0 Å². The molecule has 2 aromatic rings. The first kappa shape index (κ1) is 12.3. The summed E-state index contributed by atoms with van der Waals surface area (Å²) in [6.07, 6.45) is 2.99. The summed E-state index contributed by atoms with van der Waals surface area (Å²) in [6.45, 7) is 3.05. The van der Waals surface area contributed by atoms with Crippen LogP contribution in [0.1, 0.15) is 36.5 Å². The first-order chi connectivity index (χ1) is 11.2. The minimum atomic E-state index is -0.921. The van der Waals surface area contributed by atoms with E-state index < -0.39 is 6.02 Å². The van der Waals surface area contributed by atoms with Gasteiger partial charge in [0, 0.05) is 6.54 Å². The van der Waals surface area contributed by atoms with Crippen molar-refractivity contribution in [1.29, 1.82) is 0 Å². The van der Waals surface area contributed by atoms with Gasteiger partial charge in [-0.2, -0.15) is 0 Å². The molecule has 112 valence electrons. The topological polar surface area (TPSA) is 27.3 Å². The molecule has 2 aliphatic heterocycles. The van der Waals surface area contributed by atoms with Crippen molar-refractivity contribution in [3.05, 3.63) is 83.2 Å². The van der Waals surface area contributed by atoms with Crippen molar-refractivity contribution in [2.45, 2.75) is 25.4 Å². The van der Waals surface area contributed by atoms with Crippen molar-refractivity contribution >= 4 is 0 Å². The van der Waals surface area contributed by atoms with Crippen LogP contribution >= 0.6 is 0 Å². The fourth-order valence-corrected chi connectivity index (χ4v) is 3.24. The predicted octanol–water partition coefficient (Wildman–Crippen LogP) is 3.43. The molecule has 0 aromatic heterocycles. The SMILES string of the molecule is [2H]C1(c2ccccc2)C=C2NCCC(c3cccc(C)c3)N2N1. The van der Waals surface area contributed by atoms with Crippen LogP contribution in [-0.2, 0) is 0 Å². The van der Waals surface area contributed by atoms with E-state index in [1.54, 1.807) is 0 Å². The Labute approximate surface area is 133 Å². The molecule has 2 heterocycles. The predicted molar refractivity (Wildman–Crippen MR) is 88.8 cm³/mol. The number of nitrogens with one attached hydrogen (secondary N) is 2. The molecule has 0 radical (unpaired) electrons. The first-order valence-electron chi connectivity index (χ1n) is 8.32. The maximum atomic E-state index is 8.84. The Morgan fingerprint density at radius 3 is 2.73 bits per heavy atom. The van der Waals surface area contributed by atoms with Gasteiger partial charge in [-0.15, -0.1) is 0 Å². The molecule has 2 aliphatic rings. The summed E-state index contributed by atoms with van der Waals surface area (Å²) in [6, 6.07) is 17.9. The number of hydrazine groups is 1. The van der Waals surface area contributed by atoms with Crippen LogP contribution in [0.3, 0.4) is 0 Å². The van der Waals surface area contributed by atoms with Gasteiger partial charge < -0.3 is 5.32 Å². The van der Waals surface area contributed by atoms with E-state index in [1.165, 1.54) is 11.1 Å². The van der Waals surface area contributed by atoms with Crippen molar-refractivity contribution in [3.8, 4) is 0 Å². The standard InChI is InChI=1S/C19H21N3/c1-14-6-5-9-16(12-14)18-10-11-20-19-13-17(21-22(18)19)15-7-3-2-4-8-15/h2-9,12-13,17-18,20-21H,10-11H2,1H3/i17D. The number of fused-ring (bicyclic) bond motifs is 1. The van der Waals surface area contributed by atoms with E-state index in [2.05, 4.69) is 46.9 Å².